The minimum Gasteiger partial charge on any atom is -0.401 e. The number of benzene rings is 1. The molecule has 1 aromatic rings. The van der Waals surface area contributed by atoms with Crippen LogP contribution in [0.25, 0.3) is 0 Å². The fraction of sp³-hybridized carbons (Fsp3) is 0.611. The summed E-state index contributed by atoms with van der Waals surface area (Å²) in [6.45, 7) is 13.7. The Balaban J connectivity index is 3.07. The number of rotatable bonds is 7. The molecule has 1 amide bonds. The Morgan fingerprint density at radius 2 is 1.91 bits per heavy atom. The van der Waals surface area contributed by atoms with Gasteiger partial charge in [0.25, 0.3) is 5.91 Å². The summed E-state index contributed by atoms with van der Waals surface area (Å²) in [5.41, 5.74) is 0.895. The van der Waals surface area contributed by atoms with Crippen molar-refractivity contribution in [3.8, 4) is 0 Å². The molecule has 23 heavy (non-hydrogen) atoms. The Morgan fingerprint density at radius 3 is 2.43 bits per heavy atom. The van der Waals surface area contributed by atoms with Crippen molar-refractivity contribution in [2.24, 2.45) is 0 Å². The number of amides is 1. The summed E-state index contributed by atoms with van der Waals surface area (Å²) in [5.74, 6) is -0.0461. The maximum Gasteiger partial charge on any atom is 0.252 e. The van der Waals surface area contributed by atoms with Crippen LogP contribution >= 0.6 is 15.9 Å². The molecule has 0 aliphatic carbocycles. The van der Waals surface area contributed by atoms with Gasteiger partial charge in [-0.25, -0.2) is 0 Å². The molecular formula is C18H30BrNO2Si. The van der Waals surface area contributed by atoms with E-state index >= 15 is 0 Å². The fourth-order valence-electron chi connectivity index (χ4n) is 1.90. The van der Waals surface area contributed by atoms with Crippen LogP contribution in [0.5, 0.6) is 0 Å². The highest BCUT2D eigenvalue weighted by Crippen LogP contribution is 2.40. The van der Waals surface area contributed by atoms with E-state index in [-0.39, 0.29) is 10.9 Å². The molecule has 0 aromatic heterocycles. The lowest BCUT2D eigenvalue weighted by Gasteiger charge is -2.39. The van der Waals surface area contributed by atoms with E-state index in [2.05, 4.69) is 62.0 Å². The molecule has 0 radical (unpaired) electrons. The monoisotopic (exact) mass is 399 g/mol. The molecule has 0 saturated heterocycles. The van der Waals surface area contributed by atoms with E-state index in [0.29, 0.717) is 6.54 Å². The lowest BCUT2D eigenvalue weighted by molar-refractivity contribution is -0.128. The van der Waals surface area contributed by atoms with Gasteiger partial charge in [0, 0.05) is 16.6 Å². The second-order valence-corrected chi connectivity index (χ2v) is 13.0. The Bertz CT molecular complexity index is 526. The van der Waals surface area contributed by atoms with Crippen LogP contribution in [0.2, 0.25) is 18.1 Å². The number of carbonyl (C=O) groups excluding carboxylic acids is 1. The summed E-state index contributed by atoms with van der Waals surface area (Å²) < 4.78 is 7.37. The number of halogens is 1. The van der Waals surface area contributed by atoms with Gasteiger partial charge in [0.15, 0.2) is 14.4 Å². The quantitative estimate of drug-likeness (QED) is 0.490. The van der Waals surface area contributed by atoms with E-state index in [1.54, 1.807) is 0 Å². The molecule has 0 heterocycles. The van der Waals surface area contributed by atoms with E-state index in [1.807, 2.05) is 24.3 Å². The minimum absolute atomic E-state index is 0.0461. The summed E-state index contributed by atoms with van der Waals surface area (Å²) in [5, 5.41) is 3.07. The smallest absolute Gasteiger partial charge is 0.252 e. The predicted molar refractivity (Wildman–Crippen MR) is 103 cm³/mol. The van der Waals surface area contributed by atoms with Gasteiger partial charge >= 0.3 is 0 Å². The average molecular weight is 400 g/mol. The highest BCUT2D eigenvalue weighted by atomic mass is 79.9. The van der Waals surface area contributed by atoms with Crippen LogP contribution in [0.1, 0.15) is 52.2 Å². The number of hydrogen-bond donors (Lipinski definition) is 1. The normalized spacial score (nSPS) is 13.7. The fourth-order valence-corrected chi connectivity index (χ4v) is 3.57. The van der Waals surface area contributed by atoms with Gasteiger partial charge in [-0.05, 0) is 30.6 Å². The SMILES string of the molecule is CCCCNC(=O)C(O[Si](C)(C)C(C)(C)C)c1ccccc1Br. The van der Waals surface area contributed by atoms with E-state index < -0.39 is 14.4 Å². The molecule has 1 N–H and O–H groups in total. The second kappa shape index (κ2) is 8.45. The molecule has 1 atom stereocenters. The Hall–Kier alpha value is -0.653. The Kier molecular flexibility index (Phi) is 7.49. The zero-order valence-corrected chi connectivity index (χ0v) is 17.8. The molecule has 0 saturated carbocycles. The molecule has 0 bridgehead atoms. The van der Waals surface area contributed by atoms with Crippen LogP contribution < -0.4 is 5.32 Å². The molecule has 1 rings (SSSR count). The highest BCUT2D eigenvalue weighted by molar-refractivity contribution is 9.10. The van der Waals surface area contributed by atoms with Crippen LogP contribution in [0, 0.1) is 0 Å². The van der Waals surface area contributed by atoms with Gasteiger partial charge in [-0.1, -0.05) is 68.2 Å². The van der Waals surface area contributed by atoms with Gasteiger partial charge in [-0.3, -0.25) is 4.79 Å². The standard InChI is InChI=1S/C18H30BrNO2Si/c1-7-8-13-20-17(21)16(14-11-9-10-12-15(14)19)22-23(5,6)18(2,3)4/h9-12,16H,7-8,13H2,1-6H3,(H,20,21). The van der Waals surface area contributed by atoms with Crippen molar-refractivity contribution in [3.63, 3.8) is 0 Å². The molecule has 3 nitrogen and oxygen atoms in total. The molecule has 0 fully saturated rings. The number of nitrogens with one attached hydrogen (secondary N) is 1. The third-order valence-corrected chi connectivity index (χ3v) is 9.63. The summed E-state index contributed by atoms with van der Waals surface area (Å²) >= 11 is 3.56. The first-order chi connectivity index (χ1) is 10.6. The minimum atomic E-state index is -2.07. The van der Waals surface area contributed by atoms with Crippen LogP contribution in [-0.4, -0.2) is 20.8 Å². The van der Waals surface area contributed by atoms with Gasteiger partial charge in [0.1, 0.15) is 0 Å². The summed E-state index contributed by atoms with van der Waals surface area (Å²) in [6, 6.07) is 7.81. The molecule has 1 aromatic carbocycles. The van der Waals surface area contributed by atoms with Crippen molar-refractivity contribution < 1.29 is 9.22 Å². The van der Waals surface area contributed by atoms with Crippen molar-refractivity contribution in [1.82, 2.24) is 5.32 Å². The number of unbranched alkanes of at least 4 members (excludes halogenated alkanes) is 1. The lowest BCUT2D eigenvalue weighted by atomic mass is 10.1. The Labute approximate surface area is 150 Å². The molecule has 1 unspecified atom stereocenters. The predicted octanol–water partition coefficient (Wildman–Crippen LogP) is 5.43. The maximum absolute atomic E-state index is 12.7. The molecule has 0 aliphatic heterocycles. The highest BCUT2D eigenvalue weighted by Gasteiger charge is 2.41. The van der Waals surface area contributed by atoms with Gasteiger partial charge in [0.05, 0.1) is 0 Å². The van der Waals surface area contributed by atoms with Crippen LogP contribution in [0.3, 0.4) is 0 Å². The summed E-state index contributed by atoms with van der Waals surface area (Å²) in [4.78, 5) is 12.7. The van der Waals surface area contributed by atoms with Gasteiger partial charge < -0.3 is 9.74 Å². The van der Waals surface area contributed by atoms with Crippen molar-refractivity contribution in [2.45, 2.75) is 64.8 Å². The molecular weight excluding hydrogens is 370 g/mol. The second-order valence-electron chi connectivity index (χ2n) is 7.42. The zero-order chi connectivity index (χ0) is 17.7. The number of carbonyl (C=O) groups is 1. The molecule has 130 valence electrons. The third kappa shape index (κ3) is 5.73. The van der Waals surface area contributed by atoms with Crippen molar-refractivity contribution in [1.29, 1.82) is 0 Å². The first kappa shape index (κ1) is 20.4. The zero-order valence-electron chi connectivity index (χ0n) is 15.2. The number of hydrogen-bond acceptors (Lipinski definition) is 2. The molecule has 0 aliphatic rings. The van der Waals surface area contributed by atoms with Crippen molar-refractivity contribution >= 4 is 30.2 Å². The maximum atomic E-state index is 12.7. The van der Waals surface area contributed by atoms with Crippen molar-refractivity contribution in [3.05, 3.63) is 34.3 Å². The van der Waals surface area contributed by atoms with Gasteiger partial charge in [0.2, 0.25) is 0 Å². The van der Waals surface area contributed by atoms with Crippen LogP contribution in [0.15, 0.2) is 28.7 Å². The van der Waals surface area contributed by atoms with Gasteiger partial charge in [-0.15, -0.1) is 0 Å². The van der Waals surface area contributed by atoms with Crippen molar-refractivity contribution in [2.75, 3.05) is 6.54 Å². The topological polar surface area (TPSA) is 38.3 Å². The van der Waals surface area contributed by atoms with Crippen LogP contribution in [0.4, 0.5) is 0 Å². The van der Waals surface area contributed by atoms with E-state index in [9.17, 15) is 4.79 Å². The molecule has 5 heteroatoms. The largest absolute Gasteiger partial charge is 0.401 e. The summed E-state index contributed by atoms with van der Waals surface area (Å²) in [7, 11) is -2.07. The Morgan fingerprint density at radius 1 is 1.30 bits per heavy atom. The lowest BCUT2D eigenvalue weighted by Crippen LogP contribution is -2.45. The van der Waals surface area contributed by atoms with Crippen LogP contribution in [-0.2, 0) is 9.22 Å². The third-order valence-electron chi connectivity index (χ3n) is 4.47. The van der Waals surface area contributed by atoms with Gasteiger partial charge in [-0.2, -0.15) is 0 Å². The molecule has 0 spiro atoms. The van der Waals surface area contributed by atoms with E-state index in [0.717, 1.165) is 22.9 Å². The summed E-state index contributed by atoms with van der Waals surface area (Å²) in [6.07, 6.45) is 1.47. The van der Waals surface area contributed by atoms with E-state index in [1.165, 1.54) is 0 Å². The van der Waals surface area contributed by atoms with E-state index in [4.69, 9.17) is 4.43 Å². The first-order valence-electron chi connectivity index (χ1n) is 8.30. The average Bonchev–Trinajstić information content (AvgIpc) is 2.44. The first-order valence-corrected chi connectivity index (χ1v) is 12.0.